The summed E-state index contributed by atoms with van der Waals surface area (Å²) in [5, 5.41) is 9.16. The summed E-state index contributed by atoms with van der Waals surface area (Å²) in [6.45, 7) is 0.804. The molecular formula is C14H17NO3. The molecule has 4 heteroatoms. The van der Waals surface area contributed by atoms with Gasteiger partial charge in [0.2, 0.25) is 0 Å². The predicted octanol–water partition coefficient (Wildman–Crippen LogP) is 0.855. The smallest absolute Gasteiger partial charge is 0.321 e. The summed E-state index contributed by atoms with van der Waals surface area (Å²) in [6, 6.07) is 5.38. The number of fused-ring (bicyclic) bond motifs is 1. The Balaban J connectivity index is 1.99. The van der Waals surface area contributed by atoms with E-state index in [9.17, 15) is 4.79 Å². The number of carbonyl (C=O) groups is 1. The third kappa shape index (κ3) is 1.56. The van der Waals surface area contributed by atoms with Crippen LogP contribution in [0.3, 0.4) is 0 Å². The van der Waals surface area contributed by atoms with Gasteiger partial charge in [-0.3, -0.25) is 4.79 Å². The highest BCUT2D eigenvalue weighted by Crippen LogP contribution is 2.37. The quantitative estimate of drug-likeness (QED) is 0.830. The monoisotopic (exact) mass is 247 g/mol. The van der Waals surface area contributed by atoms with Crippen LogP contribution < -0.4 is 5.73 Å². The summed E-state index contributed by atoms with van der Waals surface area (Å²) in [6.07, 6.45) is 3.40. The summed E-state index contributed by atoms with van der Waals surface area (Å²) in [4.78, 5) is 11.2. The van der Waals surface area contributed by atoms with Gasteiger partial charge in [-0.05, 0) is 36.0 Å². The zero-order chi connectivity index (χ0) is 12.8. The molecule has 1 aliphatic carbocycles. The number of hydrogen-bond acceptors (Lipinski definition) is 3. The van der Waals surface area contributed by atoms with Gasteiger partial charge in [-0.2, -0.15) is 0 Å². The number of rotatable bonds is 3. The average Bonchev–Trinajstić information content (AvgIpc) is 2.74. The molecule has 2 aliphatic rings. The number of carboxylic acid groups (broad SMARTS) is 1. The lowest BCUT2D eigenvalue weighted by molar-refractivity contribution is -0.148. The van der Waals surface area contributed by atoms with Crippen molar-refractivity contribution in [3.05, 3.63) is 34.9 Å². The Hall–Kier alpha value is -1.39. The minimum atomic E-state index is -0.959. The average molecular weight is 247 g/mol. The Morgan fingerprint density at radius 1 is 1.33 bits per heavy atom. The maximum atomic E-state index is 11.2. The normalized spacial score (nSPS) is 22.1. The second kappa shape index (κ2) is 4.07. The van der Waals surface area contributed by atoms with Crippen LogP contribution in [0.2, 0.25) is 0 Å². The van der Waals surface area contributed by atoms with E-state index in [0.717, 1.165) is 18.4 Å². The van der Waals surface area contributed by atoms with Gasteiger partial charge in [-0.25, -0.2) is 0 Å². The fourth-order valence-electron chi connectivity index (χ4n) is 2.97. The molecule has 1 saturated heterocycles. The molecule has 0 spiro atoms. The fourth-order valence-corrected chi connectivity index (χ4v) is 2.97. The van der Waals surface area contributed by atoms with E-state index >= 15 is 0 Å². The number of ether oxygens (including phenoxy) is 1. The van der Waals surface area contributed by atoms with Gasteiger partial charge in [-0.1, -0.05) is 18.2 Å². The van der Waals surface area contributed by atoms with Gasteiger partial charge in [0, 0.05) is 0 Å². The first kappa shape index (κ1) is 11.7. The van der Waals surface area contributed by atoms with Crippen molar-refractivity contribution in [1.29, 1.82) is 0 Å². The van der Waals surface area contributed by atoms with Crippen molar-refractivity contribution in [2.24, 2.45) is 5.73 Å². The maximum Gasteiger partial charge on any atom is 0.321 e. The van der Waals surface area contributed by atoms with E-state index in [2.05, 4.69) is 12.1 Å². The van der Waals surface area contributed by atoms with E-state index in [1.165, 1.54) is 17.5 Å². The summed E-state index contributed by atoms with van der Waals surface area (Å²) >= 11 is 0. The van der Waals surface area contributed by atoms with Gasteiger partial charge in [-0.15, -0.1) is 0 Å². The van der Waals surface area contributed by atoms with Crippen LogP contribution in [0.1, 0.15) is 23.1 Å². The number of aryl methyl sites for hydroxylation is 2. The van der Waals surface area contributed by atoms with Gasteiger partial charge in [0.25, 0.3) is 0 Å². The second-order valence-corrected chi connectivity index (χ2v) is 5.30. The molecule has 0 radical (unpaired) electrons. The number of carboxylic acids is 1. The lowest BCUT2D eigenvalue weighted by Crippen LogP contribution is -2.61. The third-order valence-corrected chi connectivity index (χ3v) is 4.25. The highest BCUT2D eigenvalue weighted by Gasteiger charge is 2.49. The van der Waals surface area contributed by atoms with Crippen LogP contribution in [-0.2, 0) is 27.8 Å². The molecule has 1 aliphatic heterocycles. The molecule has 1 aromatic carbocycles. The van der Waals surface area contributed by atoms with Crippen LogP contribution in [0.15, 0.2) is 18.2 Å². The van der Waals surface area contributed by atoms with E-state index in [1.807, 2.05) is 6.07 Å². The molecule has 0 saturated carbocycles. The maximum absolute atomic E-state index is 11.2. The first-order valence-electron chi connectivity index (χ1n) is 6.32. The van der Waals surface area contributed by atoms with Crippen molar-refractivity contribution < 1.29 is 14.6 Å². The highest BCUT2D eigenvalue weighted by atomic mass is 16.5. The van der Waals surface area contributed by atoms with E-state index in [0.29, 0.717) is 13.2 Å². The molecule has 4 nitrogen and oxygen atoms in total. The van der Waals surface area contributed by atoms with Crippen LogP contribution in [0.5, 0.6) is 0 Å². The summed E-state index contributed by atoms with van der Waals surface area (Å²) in [5.74, 6) is -0.959. The molecule has 0 bridgehead atoms. The molecule has 1 fully saturated rings. The zero-order valence-electron chi connectivity index (χ0n) is 10.2. The zero-order valence-corrected chi connectivity index (χ0v) is 10.2. The summed E-state index contributed by atoms with van der Waals surface area (Å²) in [7, 11) is 0. The van der Waals surface area contributed by atoms with E-state index in [1.54, 1.807) is 0 Å². The first-order chi connectivity index (χ1) is 8.63. The lowest BCUT2D eigenvalue weighted by atomic mass is 9.72. The molecule has 0 amide bonds. The standard InChI is InChI=1S/C14H17NO3/c15-12(13(16)17)14(7-18-8-14)11-5-4-9-2-1-3-10(9)6-11/h4-6,12H,1-3,7-8,15H2,(H,16,17). The Morgan fingerprint density at radius 2 is 2.06 bits per heavy atom. The molecule has 18 heavy (non-hydrogen) atoms. The summed E-state index contributed by atoms with van der Waals surface area (Å²) in [5.41, 5.74) is 9.07. The van der Waals surface area contributed by atoms with Crippen molar-refractivity contribution in [3.63, 3.8) is 0 Å². The van der Waals surface area contributed by atoms with E-state index < -0.39 is 17.4 Å². The van der Waals surface area contributed by atoms with Crippen molar-refractivity contribution in [3.8, 4) is 0 Å². The van der Waals surface area contributed by atoms with E-state index in [-0.39, 0.29) is 0 Å². The molecular weight excluding hydrogens is 230 g/mol. The van der Waals surface area contributed by atoms with Crippen LogP contribution >= 0.6 is 0 Å². The van der Waals surface area contributed by atoms with Gasteiger partial charge in [0.05, 0.1) is 18.6 Å². The van der Waals surface area contributed by atoms with Gasteiger partial charge >= 0.3 is 5.97 Å². The van der Waals surface area contributed by atoms with E-state index in [4.69, 9.17) is 15.6 Å². The minimum absolute atomic E-state index is 0.402. The Bertz CT molecular complexity index is 494. The van der Waals surface area contributed by atoms with Gasteiger partial charge in [0.15, 0.2) is 0 Å². The second-order valence-electron chi connectivity index (χ2n) is 5.30. The molecule has 1 heterocycles. The molecule has 3 rings (SSSR count). The molecule has 1 atom stereocenters. The van der Waals surface area contributed by atoms with Crippen LogP contribution in [0.4, 0.5) is 0 Å². The van der Waals surface area contributed by atoms with Crippen molar-refractivity contribution in [1.82, 2.24) is 0 Å². The van der Waals surface area contributed by atoms with Crippen LogP contribution in [-0.4, -0.2) is 30.3 Å². The highest BCUT2D eigenvalue weighted by molar-refractivity contribution is 5.76. The van der Waals surface area contributed by atoms with Crippen LogP contribution in [0, 0.1) is 0 Å². The van der Waals surface area contributed by atoms with Crippen molar-refractivity contribution >= 4 is 5.97 Å². The molecule has 0 aromatic heterocycles. The Morgan fingerprint density at radius 3 is 2.67 bits per heavy atom. The SMILES string of the molecule is NC(C(=O)O)C1(c2ccc3c(c2)CCC3)COC1. The molecule has 1 aromatic rings. The third-order valence-electron chi connectivity index (χ3n) is 4.25. The number of benzene rings is 1. The Kier molecular flexibility index (Phi) is 2.64. The molecule has 3 N–H and O–H groups in total. The first-order valence-corrected chi connectivity index (χ1v) is 6.32. The van der Waals surface area contributed by atoms with Gasteiger partial charge in [0.1, 0.15) is 6.04 Å². The number of hydrogen-bond donors (Lipinski definition) is 2. The lowest BCUT2D eigenvalue weighted by Gasteiger charge is -2.44. The van der Waals surface area contributed by atoms with Crippen molar-refractivity contribution in [2.45, 2.75) is 30.7 Å². The fraction of sp³-hybridized carbons (Fsp3) is 0.500. The number of nitrogens with two attached hydrogens (primary N) is 1. The van der Waals surface area contributed by atoms with Crippen molar-refractivity contribution in [2.75, 3.05) is 13.2 Å². The number of aliphatic carboxylic acids is 1. The topological polar surface area (TPSA) is 72.6 Å². The van der Waals surface area contributed by atoms with Gasteiger partial charge < -0.3 is 15.6 Å². The minimum Gasteiger partial charge on any atom is -0.480 e. The van der Waals surface area contributed by atoms with Crippen LogP contribution in [0.25, 0.3) is 0 Å². The molecule has 96 valence electrons. The Labute approximate surface area is 106 Å². The predicted molar refractivity (Wildman–Crippen MR) is 66.6 cm³/mol. The summed E-state index contributed by atoms with van der Waals surface area (Å²) < 4.78 is 5.24. The molecule has 1 unspecified atom stereocenters. The largest absolute Gasteiger partial charge is 0.480 e.